The van der Waals surface area contributed by atoms with Crippen molar-refractivity contribution in [2.45, 2.75) is 0 Å². The molecule has 0 aliphatic rings. The summed E-state index contributed by atoms with van der Waals surface area (Å²) in [6, 6.07) is 23.2. The molecule has 0 radical (unpaired) electrons. The first-order valence-corrected chi connectivity index (χ1v) is 18.7. The molecule has 0 aliphatic heterocycles. The van der Waals surface area contributed by atoms with E-state index >= 15 is 0 Å². The van der Waals surface area contributed by atoms with Gasteiger partial charge in [0.05, 0.1) is 35.1 Å². The molecule has 4 aromatic carbocycles. The van der Waals surface area contributed by atoms with Crippen LogP contribution in [-0.4, -0.2) is 57.0 Å². The Morgan fingerprint density at radius 2 is 1.60 bits per heavy atom. The van der Waals surface area contributed by atoms with E-state index in [1.807, 2.05) is 17.5 Å². The topological polar surface area (TPSA) is 154 Å². The maximum Gasteiger partial charge on any atom is 0.258 e. The maximum absolute atomic E-state index is 13.8. The summed E-state index contributed by atoms with van der Waals surface area (Å²) in [7, 11) is 0.674. The van der Waals surface area contributed by atoms with Crippen LogP contribution in [0, 0.1) is 5.82 Å². The Bertz CT molecular complexity index is 2790. The van der Waals surface area contributed by atoms with E-state index in [1.165, 1.54) is 56.8 Å². The van der Waals surface area contributed by atoms with Crippen LogP contribution < -0.4 is 14.4 Å². The number of amides is 1. The molecule has 4 heterocycles. The fourth-order valence-corrected chi connectivity index (χ4v) is 7.17. The molecular formula is C38H28FN5O7S2. The minimum absolute atomic E-state index is 0.203. The molecule has 12 nitrogen and oxygen atoms in total. The predicted octanol–water partition coefficient (Wildman–Crippen LogP) is 8.26. The van der Waals surface area contributed by atoms with E-state index in [1.54, 1.807) is 48.5 Å². The van der Waals surface area contributed by atoms with Crippen LogP contribution in [0.4, 0.5) is 10.1 Å². The summed E-state index contributed by atoms with van der Waals surface area (Å²) < 4.78 is 64.9. The number of nitrogens with one attached hydrogen (secondary N) is 1. The van der Waals surface area contributed by atoms with Gasteiger partial charge in [0.25, 0.3) is 11.8 Å². The van der Waals surface area contributed by atoms with Crippen molar-refractivity contribution in [2.24, 2.45) is 0 Å². The SMILES string of the molecule is CNC(=O)c1c(-c2ccc(F)cc2)oc2cc(N(C)S(C)(=O)=O)c(-c3ccc(OC)c(-c4nc5cc(-c6nnc(-c7cccs7)o6)ccc5o4)c3)cc12. The van der Waals surface area contributed by atoms with Crippen LogP contribution in [0.5, 0.6) is 5.75 Å². The number of aromatic nitrogens is 3. The molecule has 0 fully saturated rings. The van der Waals surface area contributed by atoms with Gasteiger partial charge in [-0.05, 0) is 77.7 Å². The number of anilines is 1. The number of oxazole rings is 1. The average molecular weight is 750 g/mol. The Labute approximate surface area is 305 Å². The van der Waals surface area contributed by atoms with Crippen molar-refractivity contribution in [3.63, 3.8) is 0 Å². The van der Waals surface area contributed by atoms with Crippen LogP contribution in [0.2, 0.25) is 0 Å². The van der Waals surface area contributed by atoms with Crippen molar-refractivity contribution in [2.75, 3.05) is 31.8 Å². The number of halogens is 1. The third-order valence-electron chi connectivity index (χ3n) is 8.74. The number of nitrogens with zero attached hydrogens (tertiary/aromatic N) is 4. The zero-order valence-corrected chi connectivity index (χ0v) is 30.1. The molecule has 0 aliphatic carbocycles. The molecule has 8 aromatic rings. The maximum atomic E-state index is 13.8. The number of benzene rings is 4. The Hall–Kier alpha value is -6.32. The Morgan fingerprint density at radius 1 is 0.849 bits per heavy atom. The molecular weight excluding hydrogens is 722 g/mol. The van der Waals surface area contributed by atoms with Crippen LogP contribution >= 0.6 is 11.3 Å². The molecule has 1 amide bonds. The molecule has 0 bridgehead atoms. The normalized spacial score (nSPS) is 11.7. The summed E-state index contributed by atoms with van der Waals surface area (Å²) in [4.78, 5) is 19.0. The van der Waals surface area contributed by atoms with Gasteiger partial charge in [0, 0.05) is 42.2 Å². The molecule has 8 rings (SSSR count). The summed E-state index contributed by atoms with van der Waals surface area (Å²) >= 11 is 1.50. The van der Waals surface area contributed by atoms with E-state index in [-0.39, 0.29) is 28.5 Å². The average Bonchev–Trinajstić information content (AvgIpc) is 3.99. The molecule has 0 saturated heterocycles. The summed E-state index contributed by atoms with van der Waals surface area (Å²) in [6.45, 7) is 0. The van der Waals surface area contributed by atoms with Gasteiger partial charge in [-0.25, -0.2) is 17.8 Å². The summed E-state index contributed by atoms with van der Waals surface area (Å²) in [5.74, 6) is 0.752. The quantitative estimate of drug-likeness (QED) is 0.153. The number of hydrogen-bond donors (Lipinski definition) is 1. The second-order valence-corrected chi connectivity index (χ2v) is 15.0. The lowest BCUT2D eigenvalue weighted by molar-refractivity contribution is 0.0964. The van der Waals surface area contributed by atoms with E-state index in [2.05, 4.69) is 15.5 Å². The minimum Gasteiger partial charge on any atom is -0.496 e. The second-order valence-electron chi connectivity index (χ2n) is 12.0. The number of hydrogen-bond acceptors (Lipinski definition) is 11. The Morgan fingerprint density at radius 3 is 2.32 bits per heavy atom. The first-order chi connectivity index (χ1) is 25.5. The number of rotatable bonds is 9. The zero-order chi connectivity index (χ0) is 37.0. The lowest BCUT2D eigenvalue weighted by Gasteiger charge is -2.21. The highest BCUT2D eigenvalue weighted by Crippen LogP contribution is 2.44. The van der Waals surface area contributed by atoms with E-state index in [0.29, 0.717) is 61.8 Å². The molecule has 0 atom stereocenters. The number of furan rings is 1. The predicted molar refractivity (Wildman–Crippen MR) is 200 cm³/mol. The van der Waals surface area contributed by atoms with Crippen molar-refractivity contribution >= 4 is 55.0 Å². The van der Waals surface area contributed by atoms with Gasteiger partial charge in [0.15, 0.2) is 5.58 Å². The number of carbonyl (C=O) groups excluding carboxylic acids is 1. The van der Waals surface area contributed by atoms with E-state index < -0.39 is 21.7 Å². The molecule has 0 spiro atoms. The fourth-order valence-electron chi connectivity index (χ4n) is 6.02. The van der Waals surface area contributed by atoms with Gasteiger partial charge in [0.1, 0.15) is 28.4 Å². The molecule has 0 unspecified atom stereocenters. The summed E-state index contributed by atoms with van der Waals surface area (Å²) in [6.07, 6.45) is 1.09. The molecule has 4 aromatic heterocycles. The van der Waals surface area contributed by atoms with Crippen molar-refractivity contribution in [1.29, 1.82) is 0 Å². The second kappa shape index (κ2) is 13.0. The highest BCUT2D eigenvalue weighted by Gasteiger charge is 2.27. The molecule has 53 heavy (non-hydrogen) atoms. The lowest BCUT2D eigenvalue weighted by Crippen LogP contribution is -2.25. The van der Waals surface area contributed by atoms with Gasteiger partial charge in [-0.3, -0.25) is 9.10 Å². The number of methoxy groups -OCH3 is 1. The van der Waals surface area contributed by atoms with Gasteiger partial charge in [0.2, 0.25) is 21.8 Å². The largest absolute Gasteiger partial charge is 0.496 e. The van der Waals surface area contributed by atoms with E-state index in [0.717, 1.165) is 15.4 Å². The minimum atomic E-state index is -3.77. The van der Waals surface area contributed by atoms with Gasteiger partial charge < -0.3 is 23.3 Å². The van der Waals surface area contributed by atoms with Gasteiger partial charge in [-0.2, -0.15) is 0 Å². The third-order valence-corrected chi connectivity index (χ3v) is 10.8. The van der Waals surface area contributed by atoms with Crippen LogP contribution in [0.3, 0.4) is 0 Å². The van der Waals surface area contributed by atoms with Crippen molar-refractivity contribution in [1.82, 2.24) is 20.5 Å². The van der Waals surface area contributed by atoms with Crippen LogP contribution in [0.25, 0.3) is 78.2 Å². The lowest BCUT2D eigenvalue weighted by atomic mass is 9.97. The number of carbonyl (C=O) groups is 1. The number of ether oxygens (including phenoxy) is 1. The van der Waals surface area contributed by atoms with Crippen molar-refractivity contribution in [3.8, 4) is 61.9 Å². The van der Waals surface area contributed by atoms with E-state index in [9.17, 15) is 17.6 Å². The van der Waals surface area contributed by atoms with Gasteiger partial charge >= 0.3 is 0 Å². The zero-order valence-electron chi connectivity index (χ0n) is 28.5. The molecule has 266 valence electrons. The molecule has 1 N–H and O–H groups in total. The van der Waals surface area contributed by atoms with Crippen LogP contribution in [0.1, 0.15) is 10.4 Å². The first-order valence-electron chi connectivity index (χ1n) is 16.0. The summed E-state index contributed by atoms with van der Waals surface area (Å²) in [5.41, 5.74) is 4.40. The van der Waals surface area contributed by atoms with Crippen LogP contribution in [0.15, 0.2) is 104 Å². The third kappa shape index (κ3) is 6.08. The smallest absolute Gasteiger partial charge is 0.258 e. The van der Waals surface area contributed by atoms with E-state index in [4.69, 9.17) is 23.0 Å². The van der Waals surface area contributed by atoms with Crippen LogP contribution in [-0.2, 0) is 10.0 Å². The number of fused-ring (bicyclic) bond motifs is 2. The highest BCUT2D eigenvalue weighted by atomic mass is 32.2. The fraction of sp³-hybridized carbons (Fsp3) is 0.105. The highest BCUT2D eigenvalue weighted by molar-refractivity contribution is 7.92. The molecule has 0 saturated carbocycles. The van der Waals surface area contributed by atoms with Gasteiger partial charge in [-0.1, -0.05) is 12.1 Å². The summed E-state index contributed by atoms with van der Waals surface area (Å²) in [5, 5.41) is 13.4. The number of thiophene rings is 1. The Balaban J connectivity index is 1.27. The first kappa shape index (κ1) is 33.8. The Kier molecular flexibility index (Phi) is 8.31. The standard InChI is InChI=1S/C38H28FN5O7S2/c1-40-35(45)33-25-18-24(28(44(2)53(4,46)47)19-31(25)49-34(33)20-7-11-23(39)12-8-20)21-9-13-29(48-3)26(16-21)37-41-27-17-22(10-14-30(27)50-37)36-42-43-38(51-36)32-6-5-15-52-32/h5-19H,1-4H3,(H,40,45). The molecule has 15 heteroatoms. The number of sulfonamides is 1. The van der Waals surface area contributed by atoms with Gasteiger partial charge in [-0.15, -0.1) is 21.5 Å². The van der Waals surface area contributed by atoms with Crippen molar-refractivity contribution in [3.05, 3.63) is 102 Å². The monoisotopic (exact) mass is 749 g/mol. The van der Waals surface area contributed by atoms with Crippen molar-refractivity contribution < 1.29 is 35.6 Å².